The largest absolute Gasteiger partial charge is 0.378 e. The number of benzene rings is 3. The second-order valence-corrected chi connectivity index (χ2v) is 7.43. The third-order valence-electron chi connectivity index (χ3n) is 5.03. The molecule has 0 aliphatic carbocycles. The molecule has 0 N–H and O–H groups in total. The summed E-state index contributed by atoms with van der Waals surface area (Å²) in [6.07, 6.45) is 0. The molecule has 0 saturated heterocycles. The number of nitrogens with zero attached hydrogens (tertiary/aromatic N) is 4. The molecule has 0 aliphatic heterocycles. The molecule has 0 aromatic heterocycles. The lowest BCUT2D eigenvalue weighted by Gasteiger charge is -2.16. The van der Waals surface area contributed by atoms with Gasteiger partial charge in [0.1, 0.15) is 17.7 Å². The minimum Gasteiger partial charge on any atom is -0.378 e. The maximum atomic E-state index is 9.13. The van der Waals surface area contributed by atoms with E-state index < -0.39 is 0 Å². The Bertz CT molecular complexity index is 1140. The van der Waals surface area contributed by atoms with Crippen molar-refractivity contribution in [3.05, 3.63) is 94.4 Å². The fourth-order valence-electron chi connectivity index (χ4n) is 3.31. The van der Waals surface area contributed by atoms with Gasteiger partial charge in [-0.25, -0.2) is 0 Å². The molecule has 0 unspecified atom stereocenters. The molecule has 4 nitrogen and oxygen atoms in total. The zero-order valence-corrected chi connectivity index (χ0v) is 17.7. The summed E-state index contributed by atoms with van der Waals surface area (Å²) in [5, 5.41) is 19.9. The summed E-state index contributed by atoms with van der Waals surface area (Å²) in [5.74, 6) is 0. The smallest absolute Gasteiger partial charge is 0.136 e. The van der Waals surface area contributed by atoms with Gasteiger partial charge in [0.05, 0.1) is 0 Å². The van der Waals surface area contributed by atoms with Crippen molar-refractivity contribution in [1.29, 1.82) is 10.5 Å². The van der Waals surface area contributed by atoms with Crippen LogP contribution in [0.3, 0.4) is 0 Å². The van der Waals surface area contributed by atoms with E-state index in [1.165, 1.54) is 0 Å². The van der Waals surface area contributed by atoms with Crippen molar-refractivity contribution in [3.63, 3.8) is 0 Å². The second-order valence-electron chi connectivity index (χ2n) is 7.43. The van der Waals surface area contributed by atoms with Crippen molar-refractivity contribution < 1.29 is 0 Å². The van der Waals surface area contributed by atoms with Gasteiger partial charge >= 0.3 is 0 Å². The molecular formula is C26H24N4. The van der Waals surface area contributed by atoms with Crippen LogP contribution in [0.4, 0.5) is 11.4 Å². The molecule has 30 heavy (non-hydrogen) atoms. The molecule has 0 saturated carbocycles. The number of hydrogen-bond acceptors (Lipinski definition) is 4. The van der Waals surface area contributed by atoms with Gasteiger partial charge in [-0.2, -0.15) is 10.5 Å². The molecular weight excluding hydrogens is 368 g/mol. The predicted octanol–water partition coefficient (Wildman–Crippen LogP) is 3.26. The van der Waals surface area contributed by atoms with Gasteiger partial charge < -0.3 is 9.80 Å². The lowest BCUT2D eigenvalue weighted by molar-refractivity contribution is 1.13. The fourth-order valence-corrected chi connectivity index (χ4v) is 3.31. The van der Waals surface area contributed by atoms with Crippen LogP contribution in [0.1, 0.15) is 11.1 Å². The normalized spacial score (nSPS) is 9.93. The molecule has 148 valence electrons. The molecule has 0 radical (unpaired) electrons. The lowest BCUT2D eigenvalue weighted by atomic mass is 9.94. The monoisotopic (exact) mass is 392 g/mol. The molecule has 0 fully saturated rings. The van der Waals surface area contributed by atoms with Crippen LogP contribution in [-0.4, -0.2) is 28.2 Å². The zero-order valence-electron chi connectivity index (χ0n) is 17.7. The fraction of sp³-hybridized carbons (Fsp3) is 0.154. The Hall–Kier alpha value is -4.02. The number of nitriles is 2. The first-order valence-corrected chi connectivity index (χ1v) is 9.65. The van der Waals surface area contributed by atoms with E-state index in [-0.39, 0.29) is 5.57 Å². The summed E-state index contributed by atoms with van der Waals surface area (Å²) >= 11 is 0. The van der Waals surface area contributed by atoms with Crippen molar-refractivity contribution in [3.8, 4) is 12.1 Å². The molecule has 0 heterocycles. The molecule has 3 aromatic rings. The van der Waals surface area contributed by atoms with Gasteiger partial charge in [0.25, 0.3) is 0 Å². The van der Waals surface area contributed by atoms with Crippen LogP contribution in [0.15, 0.2) is 72.8 Å². The van der Waals surface area contributed by atoms with E-state index in [0.717, 1.165) is 33.3 Å². The van der Waals surface area contributed by atoms with Crippen LogP contribution in [0.2, 0.25) is 0 Å². The minimum atomic E-state index is 0.119. The maximum Gasteiger partial charge on any atom is 0.136 e. The van der Waals surface area contributed by atoms with Gasteiger partial charge in [-0.3, -0.25) is 0 Å². The van der Waals surface area contributed by atoms with E-state index in [1.807, 2.05) is 64.6 Å². The summed E-state index contributed by atoms with van der Waals surface area (Å²) in [5.41, 5.74) is 5.71. The van der Waals surface area contributed by atoms with E-state index in [4.69, 9.17) is 10.5 Å². The molecule has 3 aromatic carbocycles. The summed E-state index contributed by atoms with van der Waals surface area (Å²) in [6.45, 7) is 0. The van der Waals surface area contributed by atoms with Gasteiger partial charge in [-0.15, -0.1) is 0 Å². The average molecular weight is 393 g/mol. The van der Waals surface area contributed by atoms with Crippen LogP contribution < -0.4 is 20.2 Å². The highest BCUT2D eigenvalue weighted by Gasteiger charge is 2.08. The van der Waals surface area contributed by atoms with Gasteiger partial charge in [0.15, 0.2) is 0 Å². The number of anilines is 2. The van der Waals surface area contributed by atoms with E-state index >= 15 is 0 Å². The first-order valence-electron chi connectivity index (χ1n) is 9.65. The first-order chi connectivity index (χ1) is 14.4. The molecule has 4 heteroatoms. The average Bonchev–Trinajstić information content (AvgIpc) is 2.76. The van der Waals surface area contributed by atoms with Gasteiger partial charge in [0, 0.05) is 44.8 Å². The third kappa shape index (κ3) is 4.35. The molecule has 0 aliphatic rings. The quantitative estimate of drug-likeness (QED) is 0.684. The zero-order chi connectivity index (χ0) is 21.7. The van der Waals surface area contributed by atoms with Crippen molar-refractivity contribution in [2.24, 2.45) is 0 Å². The highest BCUT2D eigenvalue weighted by atomic mass is 15.1. The van der Waals surface area contributed by atoms with Crippen LogP contribution in [0.25, 0.3) is 11.1 Å². The number of rotatable bonds is 4. The van der Waals surface area contributed by atoms with Crippen LogP contribution in [0, 0.1) is 22.7 Å². The lowest BCUT2D eigenvalue weighted by Crippen LogP contribution is -2.14. The molecule has 3 rings (SSSR count). The highest BCUT2D eigenvalue weighted by molar-refractivity contribution is 5.81. The Morgan fingerprint density at radius 1 is 0.567 bits per heavy atom. The second kappa shape index (κ2) is 8.99. The standard InChI is InChI=1S/C26H24N4/c1-29(2)24-13-9-21(10-14-24)26(22-11-15-25(16-12-22)30(3)4)20-7-5-19(6-8-20)23(17-27)18-28/h5-16H,1-4H3. The SMILES string of the molecule is CN(C)c1ccc(C(c2ccc(N(C)C)cc2)=c2ccc(=C(C#N)C#N)cc2)cc1. The van der Waals surface area contributed by atoms with Crippen molar-refractivity contribution >= 4 is 22.5 Å². The Balaban J connectivity index is 2.25. The van der Waals surface area contributed by atoms with Gasteiger partial charge in [-0.1, -0.05) is 48.5 Å². The van der Waals surface area contributed by atoms with E-state index in [1.54, 1.807) is 0 Å². The van der Waals surface area contributed by atoms with Gasteiger partial charge in [-0.05, 0) is 46.2 Å². The summed E-state index contributed by atoms with van der Waals surface area (Å²) in [6, 6.07) is 28.4. The topological polar surface area (TPSA) is 54.1 Å². The molecule has 0 amide bonds. The Morgan fingerprint density at radius 3 is 1.27 bits per heavy atom. The first kappa shape index (κ1) is 20.7. The van der Waals surface area contributed by atoms with Gasteiger partial charge in [0.2, 0.25) is 0 Å². The molecule has 0 spiro atoms. The maximum absolute atomic E-state index is 9.13. The Kier molecular flexibility index (Phi) is 6.20. The summed E-state index contributed by atoms with van der Waals surface area (Å²) in [7, 11) is 8.10. The van der Waals surface area contributed by atoms with Crippen LogP contribution in [-0.2, 0) is 0 Å². The van der Waals surface area contributed by atoms with E-state index in [2.05, 4.69) is 58.3 Å². The van der Waals surface area contributed by atoms with E-state index in [0.29, 0.717) is 5.22 Å². The minimum absolute atomic E-state index is 0.119. The molecule has 0 bridgehead atoms. The summed E-state index contributed by atoms with van der Waals surface area (Å²) in [4.78, 5) is 4.15. The van der Waals surface area contributed by atoms with Crippen molar-refractivity contribution in [2.45, 2.75) is 0 Å². The highest BCUT2D eigenvalue weighted by Crippen LogP contribution is 2.25. The van der Waals surface area contributed by atoms with Crippen molar-refractivity contribution in [2.75, 3.05) is 38.0 Å². The molecule has 0 atom stereocenters. The van der Waals surface area contributed by atoms with Crippen LogP contribution >= 0.6 is 0 Å². The Labute approximate surface area is 177 Å². The third-order valence-corrected chi connectivity index (χ3v) is 5.03. The Morgan fingerprint density at radius 2 is 0.933 bits per heavy atom. The number of hydrogen-bond donors (Lipinski definition) is 0. The van der Waals surface area contributed by atoms with Crippen LogP contribution in [0.5, 0.6) is 0 Å². The predicted molar refractivity (Wildman–Crippen MR) is 123 cm³/mol. The van der Waals surface area contributed by atoms with E-state index in [9.17, 15) is 0 Å². The summed E-state index contributed by atoms with van der Waals surface area (Å²) < 4.78 is 0. The van der Waals surface area contributed by atoms with Crippen molar-refractivity contribution in [1.82, 2.24) is 0 Å².